The fourth-order valence-electron chi connectivity index (χ4n) is 4.20. The van der Waals surface area contributed by atoms with Gasteiger partial charge < -0.3 is 36.1 Å². The van der Waals surface area contributed by atoms with Gasteiger partial charge in [-0.1, -0.05) is 36.4 Å². The predicted molar refractivity (Wildman–Crippen MR) is 156 cm³/mol. The van der Waals surface area contributed by atoms with E-state index in [1.54, 1.807) is 43.5 Å². The summed E-state index contributed by atoms with van der Waals surface area (Å²) in [6, 6.07) is 20.5. The Bertz CT molecular complexity index is 1230. The summed E-state index contributed by atoms with van der Waals surface area (Å²) in [6.07, 6.45) is 4.20. The Morgan fingerprint density at radius 2 is 1.55 bits per heavy atom. The molecule has 0 fully saturated rings. The van der Waals surface area contributed by atoms with Crippen LogP contribution >= 0.6 is 0 Å². The van der Waals surface area contributed by atoms with Gasteiger partial charge >= 0.3 is 0 Å². The van der Waals surface area contributed by atoms with Crippen LogP contribution in [0.15, 0.2) is 72.8 Å². The van der Waals surface area contributed by atoms with Crippen molar-refractivity contribution in [3.63, 3.8) is 0 Å². The average Bonchev–Trinajstić information content (AvgIpc) is 2.94. The standard InChI is InChI=1S/C25H21O3.C8H17O3.Au/c1-3-5-17-8-10-18(11-9-17)25-24(19-6-4-7-20(26)14-19)16(2)22-15-21(27)12-13-23(22)28-25;1-3-4-10-7-8-11-6-5-9-2;/h3-15,25-27H,1H2,2H3;1,3-8H2,2H3;/q2*-1;/b5-3-;;. The van der Waals surface area contributed by atoms with E-state index in [4.69, 9.17) is 18.9 Å². The van der Waals surface area contributed by atoms with Gasteiger partial charge in [0.25, 0.3) is 0 Å². The number of aromatic hydroxyl groups is 2. The number of phenolic OH excluding ortho intramolecular Hbond substituents is 2. The molecular formula is C33H38AuO6-2. The topological polar surface area (TPSA) is 77.4 Å². The number of rotatable bonds is 11. The molecule has 219 valence electrons. The summed E-state index contributed by atoms with van der Waals surface area (Å²) < 4.78 is 21.4. The Morgan fingerprint density at radius 3 is 2.20 bits per heavy atom. The second-order valence-corrected chi connectivity index (χ2v) is 8.91. The van der Waals surface area contributed by atoms with Crippen molar-refractivity contribution in [1.82, 2.24) is 0 Å². The van der Waals surface area contributed by atoms with Crippen LogP contribution in [0.5, 0.6) is 17.2 Å². The molecule has 2 N–H and O–H groups in total. The van der Waals surface area contributed by atoms with Gasteiger partial charge in [0.15, 0.2) is 0 Å². The molecule has 3 aromatic rings. The molecule has 40 heavy (non-hydrogen) atoms. The first-order valence-electron chi connectivity index (χ1n) is 13.0. The molecule has 7 heteroatoms. The smallest absolute Gasteiger partial charge is 0.150 e. The molecule has 0 saturated heterocycles. The van der Waals surface area contributed by atoms with E-state index >= 15 is 0 Å². The van der Waals surface area contributed by atoms with Gasteiger partial charge in [-0.25, -0.2) is 19.1 Å². The molecule has 1 unspecified atom stereocenters. The van der Waals surface area contributed by atoms with Crippen LogP contribution in [0.3, 0.4) is 0 Å². The Morgan fingerprint density at radius 1 is 0.875 bits per heavy atom. The van der Waals surface area contributed by atoms with Crippen molar-refractivity contribution in [2.24, 2.45) is 0 Å². The molecular weight excluding hydrogens is 689 g/mol. The molecule has 1 aliphatic heterocycles. The summed E-state index contributed by atoms with van der Waals surface area (Å²) >= 11 is 0. The number of allylic oxidation sites excluding steroid dienone is 2. The van der Waals surface area contributed by atoms with Gasteiger partial charge in [-0.2, -0.15) is 6.42 Å². The maximum absolute atomic E-state index is 10.0. The number of ether oxygens (including phenoxy) is 4. The summed E-state index contributed by atoms with van der Waals surface area (Å²) in [6.45, 7) is 12.7. The Kier molecular flexibility index (Phi) is 14.7. The third kappa shape index (κ3) is 9.59. The van der Waals surface area contributed by atoms with Gasteiger partial charge in [0.1, 0.15) is 23.4 Å². The predicted octanol–water partition coefficient (Wildman–Crippen LogP) is 6.90. The Balaban J connectivity index is 0.000000400. The average molecular weight is 728 g/mol. The van der Waals surface area contributed by atoms with Crippen molar-refractivity contribution in [2.75, 3.05) is 40.1 Å². The van der Waals surface area contributed by atoms with Crippen LogP contribution in [0.25, 0.3) is 17.2 Å². The molecule has 0 bridgehead atoms. The largest absolute Gasteiger partial charge is 0.508 e. The van der Waals surface area contributed by atoms with Crippen LogP contribution in [-0.4, -0.2) is 50.4 Å². The maximum Gasteiger partial charge on any atom is 0.150 e. The van der Waals surface area contributed by atoms with Crippen LogP contribution in [-0.2, 0) is 36.6 Å². The molecule has 0 aromatic heterocycles. The van der Waals surface area contributed by atoms with E-state index in [9.17, 15) is 10.2 Å². The van der Waals surface area contributed by atoms with Crippen molar-refractivity contribution in [2.45, 2.75) is 19.4 Å². The number of benzene rings is 3. The molecule has 1 atom stereocenters. The van der Waals surface area contributed by atoms with Gasteiger partial charge in [0, 0.05) is 47.2 Å². The molecule has 1 heterocycles. The number of methoxy groups -OCH3 is 1. The van der Waals surface area contributed by atoms with E-state index in [0.29, 0.717) is 33.0 Å². The van der Waals surface area contributed by atoms with Crippen molar-refractivity contribution in [3.8, 4) is 17.2 Å². The van der Waals surface area contributed by atoms with Crippen LogP contribution in [0, 0.1) is 13.8 Å². The van der Waals surface area contributed by atoms with E-state index in [0.717, 1.165) is 45.6 Å². The van der Waals surface area contributed by atoms with Gasteiger partial charge in [-0.3, -0.25) is 0 Å². The third-order valence-electron chi connectivity index (χ3n) is 6.08. The number of hydrogen-bond acceptors (Lipinski definition) is 6. The van der Waals surface area contributed by atoms with Crippen LogP contribution in [0.1, 0.15) is 41.7 Å². The zero-order valence-electron chi connectivity index (χ0n) is 23.1. The maximum atomic E-state index is 10.0. The van der Waals surface area contributed by atoms with Crippen LogP contribution < -0.4 is 4.74 Å². The summed E-state index contributed by atoms with van der Waals surface area (Å²) in [7, 11) is 1.66. The van der Waals surface area contributed by atoms with Crippen molar-refractivity contribution >= 4 is 17.2 Å². The summed E-state index contributed by atoms with van der Waals surface area (Å²) in [5.74, 6) is 1.12. The molecule has 6 nitrogen and oxygen atoms in total. The number of hydrogen-bond donors (Lipinski definition) is 2. The van der Waals surface area contributed by atoms with Crippen molar-refractivity contribution in [3.05, 3.63) is 109 Å². The van der Waals surface area contributed by atoms with E-state index < -0.39 is 0 Å². The zero-order chi connectivity index (χ0) is 28.0. The molecule has 1 radical (unpaired) electrons. The van der Waals surface area contributed by atoms with E-state index in [-0.39, 0.29) is 40.0 Å². The number of fused-ring (bicyclic) bond motifs is 1. The minimum Gasteiger partial charge on any atom is -0.508 e. The van der Waals surface area contributed by atoms with E-state index in [1.807, 2.05) is 49.4 Å². The second-order valence-electron chi connectivity index (χ2n) is 8.91. The van der Waals surface area contributed by atoms with E-state index in [2.05, 4.69) is 13.8 Å². The van der Waals surface area contributed by atoms with Crippen LogP contribution in [0.4, 0.5) is 0 Å². The summed E-state index contributed by atoms with van der Waals surface area (Å²) in [5, 5.41) is 19.9. The first-order valence-corrected chi connectivity index (χ1v) is 13.0. The second kappa shape index (κ2) is 17.7. The molecule has 4 rings (SSSR count). The number of phenols is 2. The van der Waals surface area contributed by atoms with Crippen molar-refractivity contribution < 1.29 is 51.5 Å². The van der Waals surface area contributed by atoms with Crippen LogP contribution in [0.2, 0.25) is 0 Å². The summed E-state index contributed by atoms with van der Waals surface area (Å²) in [5.41, 5.74) is 5.80. The first kappa shape index (κ1) is 33.2. The molecule has 0 spiro atoms. The fourth-order valence-corrected chi connectivity index (χ4v) is 4.20. The quantitative estimate of drug-likeness (QED) is 0.127. The van der Waals surface area contributed by atoms with Gasteiger partial charge in [0.05, 0.1) is 26.4 Å². The monoisotopic (exact) mass is 727 g/mol. The normalized spacial score (nSPS) is 14.1. The Hall–Kier alpha value is -2.97. The molecule has 3 aromatic carbocycles. The zero-order valence-corrected chi connectivity index (χ0v) is 25.2. The van der Waals surface area contributed by atoms with Gasteiger partial charge in [0.2, 0.25) is 0 Å². The third-order valence-corrected chi connectivity index (χ3v) is 6.08. The minimum absolute atomic E-state index is 0. The molecule has 0 aliphatic carbocycles. The minimum atomic E-state index is -0.323. The van der Waals surface area contributed by atoms with Gasteiger partial charge in [-0.15, -0.1) is 5.56 Å². The van der Waals surface area contributed by atoms with Crippen molar-refractivity contribution in [1.29, 1.82) is 0 Å². The Labute approximate surface area is 253 Å². The van der Waals surface area contributed by atoms with E-state index in [1.165, 1.54) is 0 Å². The molecule has 0 saturated carbocycles. The summed E-state index contributed by atoms with van der Waals surface area (Å²) in [4.78, 5) is 0. The SMILES string of the molecule is [Au].[CH2-]/C=C\c1ccc(C2Oc3ccc(O)cc3C(C)=C2c2cccc(O)c2)cc1.[CH2-]CCOCCOCCOC. The fraction of sp³-hybridized carbons (Fsp3) is 0.273. The molecule has 1 aliphatic rings. The van der Waals surface area contributed by atoms with Gasteiger partial charge in [-0.05, 0) is 54.0 Å². The molecule has 0 amide bonds. The first-order chi connectivity index (χ1) is 19.0.